The summed E-state index contributed by atoms with van der Waals surface area (Å²) < 4.78 is 0. The molecular weight excluding hydrogens is 464 g/mol. The van der Waals surface area contributed by atoms with Crippen LogP contribution < -0.4 is 5.32 Å². The molecule has 0 saturated heterocycles. The highest BCUT2D eigenvalue weighted by atomic mass is 16.1. The largest absolute Gasteiger partial charge is 0.319 e. The molecule has 2 fully saturated rings. The number of aldehydes is 1. The second-order valence-corrected chi connectivity index (χ2v) is 15.1. The fourth-order valence-electron chi connectivity index (χ4n) is 9.71. The Bertz CT molecular complexity index is 1010. The van der Waals surface area contributed by atoms with Gasteiger partial charge in [-0.3, -0.25) is 4.79 Å². The van der Waals surface area contributed by atoms with Crippen LogP contribution in [0.3, 0.4) is 0 Å². The number of hydrogen-bond acceptors (Lipinski definition) is 3. The van der Waals surface area contributed by atoms with Gasteiger partial charge in [0.05, 0.1) is 11.6 Å². The predicted molar refractivity (Wildman–Crippen MR) is 160 cm³/mol. The summed E-state index contributed by atoms with van der Waals surface area (Å²) in [6, 6.07) is 2.44. The van der Waals surface area contributed by atoms with Crippen molar-refractivity contribution < 1.29 is 4.79 Å². The normalized spacial score (nSPS) is 38.3. The number of nitrogens with zero attached hydrogens (tertiary/aromatic N) is 1. The third-order valence-electron chi connectivity index (χ3n) is 11.7. The lowest BCUT2D eigenvalue weighted by atomic mass is 9.42. The van der Waals surface area contributed by atoms with E-state index in [0.29, 0.717) is 34.2 Å². The summed E-state index contributed by atoms with van der Waals surface area (Å²) in [5.41, 5.74) is 3.12. The summed E-state index contributed by atoms with van der Waals surface area (Å²) in [6.07, 6.45) is 16.1. The van der Waals surface area contributed by atoms with Crippen LogP contribution in [0, 0.1) is 56.2 Å². The topological polar surface area (TPSA) is 52.9 Å². The molecule has 0 bridgehead atoms. The summed E-state index contributed by atoms with van der Waals surface area (Å²) in [7, 11) is 2.11. The average molecular weight is 521 g/mol. The highest BCUT2D eigenvalue weighted by molar-refractivity contribution is 5.68. The Morgan fingerprint density at radius 1 is 1.18 bits per heavy atom. The van der Waals surface area contributed by atoms with Gasteiger partial charge in [-0.15, -0.1) is 0 Å². The van der Waals surface area contributed by atoms with Crippen molar-refractivity contribution in [3.8, 4) is 6.07 Å². The fourth-order valence-corrected chi connectivity index (χ4v) is 9.71. The summed E-state index contributed by atoms with van der Waals surface area (Å²) in [5.74, 6) is 1.45. The van der Waals surface area contributed by atoms with Gasteiger partial charge in [0.25, 0.3) is 0 Å². The molecule has 3 nitrogen and oxygen atoms in total. The van der Waals surface area contributed by atoms with Crippen molar-refractivity contribution in [3.05, 3.63) is 35.5 Å². The minimum absolute atomic E-state index is 0.0509. The maximum atomic E-state index is 12.2. The van der Waals surface area contributed by atoms with E-state index in [1.807, 2.05) is 6.08 Å². The molecule has 6 atom stereocenters. The van der Waals surface area contributed by atoms with Crippen molar-refractivity contribution in [2.75, 3.05) is 13.6 Å². The molecule has 2 saturated carbocycles. The molecule has 0 spiro atoms. The van der Waals surface area contributed by atoms with E-state index in [-0.39, 0.29) is 16.2 Å². The molecular formula is C35H56N2O. The van der Waals surface area contributed by atoms with Crippen LogP contribution in [-0.4, -0.2) is 19.9 Å². The van der Waals surface area contributed by atoms with Crippen molar-refractivity contribution in [2.24, 2.45) is 44.8 Å². The maximum absolute atomic E-state index is 12.2. The van der Waals surface area contributed by atoms with Crippen molar-refractivity contribution in [1.29, 1.82) is 5.26 Å². The summed E-state index contributed by atoms with van der Waals surface area (Å²) >= 11 is 0. The minimum Gasteiger partial charge on any atom is -0.319 e. The Kier molecular flexibility index (Phi) is 9.00. The van der Waals surface area contributed by atoms with Gasteiger partial charge < -0.3 is 5.32 Å². The fraction of sp³-hybridized carbons (Fsp3) is 0.771. The zero-order chi connectivity index (χ0) is 28.6. The van der Waals surface area contributed by atoms with Crippen LogP contribution in [0.5, 0.6) is 0 Å². The van der Waals surface area contributed by atoms with Gasteiger partial charge in [0.15, 0.2) is 0 Å². The first-order chi connectivity index (χ1) is 17.7. The summed E-state index contributed by atoms with van der Waals surface area (Å²) in [4.78, 5) is 12.2. The Balaban J connectivity index is 1.96. The summed E-state index contributed by atoms with van der Waals surface area (Å²) in [6.45, 7) is 24.3. The van der Waals surface area contributed by atoms with Crippen LogP contribution in [-0.2, 0) is 4.79 Å². The average Bonchev–Trinajstić information content (AvgIpc) is 2.83. The van der Waals surface area contributed by atoms with Gasteiger partial charge >= 0.3 is 0 Å². The smallest absolute Gasteiger partial charge is 0.142 e. The van der Waals surface area contributed by atoms with Gasteiger partial charge in [-0.25, -0.2) is 0 Å². The molecule has 0 amide bonds. The second-order valence-electron chi connectivity index (χ2n) is 15.1. The lowest BCUT2D eigenvalue weighted by Crippen LogP contribution is -2.54. The number of carbonyl (C=O) groups excluding carboxylic acids is 1. The monoisotopic (exact) mass is 520 g/mol. The lowest BCUT2D eigenvalue weighted by Gasteiger charge is -2.61. The van der Waals surface area contributed by atoms with E-state index in [1.165, 1.54) is 50.5 Å². The third-order valence-corrected chi connectivity index (χ3v) is 11.7. The van der Waals surface area contributed by atoms with Gasteiger partial charge in [0.2, 0.25) is 0 Å². The van der Waals surface area contributed by atoms with Crippen molar-refractivity contribution >= 4 is 6.29 Å². The molecule has 0 aromatic rings. The maximum Gasteiger partial charge on any atom is 0.142 e. The number of rotatable bonds is 9. The van der Waals surface area contributed by atoms with E-state index in [0.717, 1.165) is 31.2 Å². The van der Waals surface area contributed by atoms with Crippen molar-refractivity contribution in [2.45, 2.75) is 113 Å². The molecule has 0 heterocycles. The SMILES string of the molecule is C=C1C(C#N)=CC2(C)/C(=C/C=O)C(C)(C3CCC(CCC(C)(C)CCC)(CNC)CC3C)CCC2C1(C)C. The van der Waals surface area contributed by atoms with Crippen LogP contribution >= 0.6 is 0 Å². The van der Waals surface area contributed by atoms with Gasteiger partial charge in [0.1, 0.15) is 6.29 Å². The molecule has 0 radical (unpaired) electrons. The third kappa shape index (κ3) is 5.37. The first-order valence-corrected chi connectivity index (χ1v) is 15.3. The Hall–Kier alpha value is -1.66. The van der Waals surface area contributed by atoms with Crippen LogP contribution in [0.4, 0.5) is 0 Å². The number of nitrogens with one attached hydrogen (secondary N) is 1. The Morgan fingerprint density at radius 3 is 2.42 bits per heavy atom. The van der Waals surface area contributed by atoms with Gasteiger partial charge in [-0.2, -0.15) is 5.26 Å². The minimum atomic E-state index is -0.312. The quantitative estimate of drug-likeness (QED) is 0.244. The first-order valence-electron chi connectivity index (χ1n) is 15.3. The number of nitriles is 1. The lowest BCUT2D eigenvalue weighted by molar-refractivity contribution is -0.104. The number of allylic oxidation sites excluding steroid dienone is 5. The van der Waals surface area contributed by atoms with Crippen LogP contribution in [0.15, 0.2) is 35.5 Å². The summed E-state index contributed by atoms with van der Waals surface area (Å²) in [5, 5.41) is 13.6. The van der Waals surface area contributed by atoms with E-state index in [4.69, 9.17) is 0 Å². The van der Waals surface area contributed by atoms with Gasteiger partial charge in [-0.05, 0) is 109 Å². The zero-order valence-electron chi connectivity index (χ0n) is 26.1. The van der Waals surface area contributed by atoms with Crippen molar-refractivity contribution in [3.63, 3.8) is 0 Å². The number of carbonyl (C=O) groups is 1. The molecule has 3 aliphatic carbocycles. The van der Waals surface area contributed by atoms with Gasteiger partial charge in [-0.1, -0.05) is 80.0 Å². The van der Waals surface area contributed by atoms with E-state index in [2.05, 4.69) is 86.5 Å². The molecule has 6 unspecified atom stereocenters. The Morgan fingerprint density at radius 2 is 1.87 bits per heavy atom. The van der Waals surface area contributed by atoms with E-state index < -0.39 is 0 Å². The number of fused-ring (bicyclic) bond motifs is 1. The van der Waals surface area contributed by atoms with E-state index in [1.54, 1.807) is 0 Å². The first kappa shape index (κ1) is 30.9. The van der Waals surface area contributed by atoms with E-state index in [9.17, 15) is 10.1 Å². The molecule has 3 rings (SSSR count). The predicted octanol–water partition coefficient (Wildman–Crippen LogP) is 8.83. The molecule has 0 aliphatic heterocycles. The van der Waals surface area contributed by atoms with Crippen molar-refractivity contribution in [1.82, 2.24) is 5.32 Å². The molecule has 0 aromatic carbocycles. The molecule has 1 N–H and O–H groups in total. The highest BCUT2D eigenvalue weighted by Gasteiger charge is 2.59. The Labute approximate surface area is 234 Å². The van der Waals surface area contributed by atoms with E-state index >= 15 is 0 Å². The van der Waals surface area contributed by atoms with Crippen LogP contribution in [0.1, 0.15) is 113 Å². The molecule has 3 aliphatic rings. The number of hydrogen-bond donors (Lipinski definition) is 1. The highest BCUT2D eigenvalue weighted by Crippen LogP contribution is 2.67. The van der Waals surface area contributed by atoms with Crippen LogP contribution in [0.2, 0.25) is 0 Å². The van der Waals surface area contributed by atoms with Gasteiger partial charge in [0, 0.05) is 12.0 Å². The zero-order valence-corrected chi connectivity index (χ0v) is 26.1. The standard InChI is InChI=1S/C35H56N2O/c1-11-15-31(4,5)18-19-35(24-37-10)17-12-28(25(2)21-35)33(8)16-13-29-32(6,7)26(3)27(23-36)22-34(29,9)30(33)14-20-38/h14,20,22,25,28-29,37H,3,11-13,15-19,21,24H2,1-2,4-10H3/b30-14+. The second kappa shape index (κ2) is 11.1. The molecule has 38 heavy (non-hydrogen) atoms. The molecule has 3 heteroatoms. The molecule has 0 aromatic heterocycles. The molecule has 212 valence electrons. The van der Waals surface area contributed by atoms with Crippen LogP contribution in [0.25, 0.3) is 0 Å².